The second-order valence-corrected chi connectivity index (χ2v) is 4.19. The topological polar surface area (TPSA) is 26.3 Å². The number of alkyl halides is 3. The Morgan fingerprint density at radius 1 is 1.29 bits per heavy atom. The van der Waals surface area contributed by atoms with Gasteiger partial charge in [-0.1, -0.05) is 0 Å². The van der Waals surface area contributed by atoms with E-state index < -0.39 is 17.7 Å². The van der Waals surface area contributed by atoms with E-state index in [1.165, 1.54) is 11.8 Å². The first-order valence-corrected chi connectivity index (χ1v) is 6.18. The van der Waals surface area contributed by atoms with Crippen molar-refractivity contribution in [2.45, 2.75) is 6.18 Å². The van der Waals surface area contributed by atoms with Gasteiger partial charge in [-0.05, 0) is 30.5 Å². The Hall–Kier alpha value is -1.17. The fourth-order valence-electron chi connectivity index (χ4n) is 1.10. The first kappa shape index (κ1) is 13.9. The molecule has 0 saturated heterocycles. The molecule has 94 valence electrons. The van der Waals surface area contributed by atoms with Crippen LogP contribution in [0.5, 0.6) is 0 Å². The van der Waals surface area contributed by atoms with Crippen molar-refractivity contribution >= 4 is 17.7 Å². The summed E-state index contributed by atoms with van der Waals surface area (Å²) in [5.41, 5.74) is -0.655. The summed E-state index contributed by atoms with van der Waals surface area (Å²) in [6.07, 6.45) is -2.52. The molecule has 0 saturated carbocycles. The molecule has 6 heteroatoms. The number of hydrogen-bond acceptors (Lipinski definition) is 3. The first-order valence-electron chi connectivity index (χ1n) is 4.78. The molecule has 2 nitrogen and oxygen atoms in total. The molecule has 0 atom stereocenters. The zero-order chi connectivity index (χ0) is 12.9. The number of ether oxygens (including phenoxy) is 1. The van der Waals surface area contributed by atoms with E-state index in [9.17, 15) is 18.0 Å². The third-order valence-electron chi connectivity index (χ3n) is 1.97. The maximum atomic E-state index is 12.3. The van der Waals surface area contributed by atoms with E-state index in [4.69, 9.17) is 4.74 Å². The maximum Gasteiger partial charge on any atom is 0.416 e. The van der Waals surface area contributed by atoms with E-state index in [1.54, 1.807) is 0 Å². The molecule has 0 aromatic heterocycles. The molecule has 1 rings (SSSR count). The van der Waals surface area contributed by atoms with Crippen molar-refractivity contribution < 1.29 is 22.7 Å². The van der Waals surface area contributed by atoms with Gasteiger partial charge in [0.1, 0.15) is 6.61 Å². The highest BCUT2D eigenvalue weighted by molar-refractivity contribution is 7.98. The van der Waals surface area contributed by atoms with Crippen molar-refractivity contribution in [1.29, 1.82) is 0 Å². The normalized spacial score (nSPS) is 11.3. The van der Waals surface area contributed by atoms with Crippen LogP contribution in [0.1, 0.15) is 15.9 Å². The largest absolute Gasteiger partial charge is 0.461 e. The van der Waals surface area contributed by atoms with E-state index in [0.29, 0.717) is 5.75 Å². The summed E-state index contributed by atoms with van der Waals surface area (Å²) in [6.45, 7) is 0.251. The summed E-state index contributed by atoms with van der Waals surface area (Å²) < 4.78 is 41.6. The number of thioether (sulfide) groups is 1. The van der Waals surface area contributed by atoms with E-state index in [2.05, 4.69) is 0 Å². The van der Waals surface area contributed by atoms with Gasteiger partial charge < -0.3 is 4.74 Å². The maximum absolute atomic E-state index is 12.3. The molecule has 0 radical (unpaired) electrons. The Kier molecular flexibility index (Phi) is 4.86. The van der Waals surface area contributed by atoms with Crippen LogP contribution in [0, 0.1) is 0 Å². The number of rotatable bonds is 4. The highest BCUT2D eigenvalue weighted by atomic mass is 32.2. The first-order chi connectivity index (χ1) is 7.95. The molecule has 0 N–H and O–H groups in total. The third kappa shape index (κ3) is 4.30. The molecule has 0 aliphatic heterocycles. The van der Waals surface area contributed by atoms with Gasteiger partial charge >= 0.3 is 12.1 Å². The van der Waals surface area contributed by atoms with Crippen LogP contribution in [0.3, 0.4) is 0 Å². The average Bonchev–Trinajstić information content (AvgIpc) is 2.28. The van der Waals surface area contributed by atoms with Crippen LogP contribution < -0.4 is 0 Å². The van der Waals surface area contributed by atoms with Gasteiger partial charge in [0.15, 0.2) is 0 Å². The number of esters is 1. The van der Waals surface area contributed by atoms with Crippen LogP contribution in [0.2, 0.25) is 0 Å². The minimum atomic E-state index is -4.39. The quantitative estimate of drug-likeness (QED) is 0.617. The van der Waals surface area contributed by atoms with E-state index >= 15 is 0 Å². The molecule has 0 unspecified atom stereocenters. The van der Waals surface area contributed by atoms with E-state index in [1.807, 2.05) is 6.26 Å². The van der Waals surface area contributed by atoms with E-state index in [-0.39, 0.29) is 12.2 Å². The predicted molar refractivity (Wildman–Crippen MR) is 60.1 cm³/mol. The van der Waals surface area contributed by atoms with Gasteiger partial charge in [0.2, 0.25) is 0 Å². The Labute approximate surface area is 101 Å². The standard InChI is InChI=1S/C11H11F3O2S/c1-17-7-6-16-10(15)8-2-4-9(5-3-8)11(12,13)14/h2-5H,6-7H2,1H3. The molecule has 1 aromatic carbocycles. The molecule has 1 aromatic rings. The molecule has 0 aliphatic carbocycles. The van der Waals surface area contributed by atoms with Crippen molar-refractivity contribution in [3.8, 4) is 0 Å². The highest BCUT2D eigenvalue weighted by Gasteiger charge is 2.30. The second-order valence-electron chi connectivity index (χ2n) is 3.20. The molecular formula is C11H11F3O2S. The zero-order valence-electron chi connectivity index (χ0n) is 9.08. The summed E-state index contributed by atoms with van der Waals surface area (Å²) in [4.78, 5) is 11.4. The molecule has 0 fully saturated rings. The summed E-state index contributed by atoms with van der Waals surface area (Å²) >= 11 is 1.52. The van der Waals surface area contributed by atoms with Crippen molar-refractivity contribution in [2.75, 3.05) is 18.6 Å². The average molecular weight is 264 g/mol. The number of hydrogen-bond donors (Lipinski definition) is 0. The SMILES string of the molecule is CSCCOC(=O)c1ccc(C(F)(F)F)cc1. The summed E-state index contributed by atoms with van der Waals surface area (Å²) in [6, 6.07) is 3.96. The molecule has 17 heavy (non-hydrogen) atoms. The molecule has 0 bridgehead atoms. The second kappa shape index (κ2) is 5.95. The minimum absolute atomic E-state index is 0.124. The molecular weight excluding hydrogens is 253 g/mol. The smallest absolute Gasteiger partial charge is 0.416 e. The van der Waals surface area contributed by atoms with Gasteiger partial charge in [-0.2, -0.15) is 24.9 Å². The number of carbonyl (C=O) groups is 1. The lowest BCUT2D eigenvalue weighted by Crippen LogP contribution is -2.09. The van der Waals surface area contributed by atoms with Gasteiger partial charge in [0, 0.05) is 5.75 Å². The predicted octanol–water partition coefficient (Wildman–Crippen LogP) is 3.23. The molecule has 0 amide bonds. The van der Waals surface area contributed by atoms with Crippen LogP contribution in [0.15, 0.2) is 24.3 Å². The van der Waals surface area contributed by atoms with Crippen molar-refractivity contribution in [1.82, 2.24) is 0 Å². The molecule has 0 heterocycles. The van der Waals surface area contributed by atoms with Crippen LogP contribution in [0.4, 0.5) is 13.2 Å². The Morgan fingerprint density at radius 2 is 1.88 bits per heavy atom. The zero-order valence-corrected chi connectivity index (χ0v) is 9.90. The Balaban J connectivity index is 2.64. The fourth-order valence-corrected chi connectivity index (χ4v) is 1.35. The lowest BCUT2D eigenvalue weighted by molar-refractivity contribution is -0.137. The molecule has 0 aliphatic rings. The van der Waals surface area contributed by atoms with Gasteiger partial charge in [-0.25, -0.2) is 4.79 Å². The number of halogens is 3. The highest BCUT2D eigenvalue weighted by Crippen LogP contribution is 2.29. The lowest BCUT2D eigenvalue weighted by Gasteiger charge is -2.07. The van der Waals surface area contributed by atoms with Crippen LogP contribution in [-0.2, 0) is 10.9 Å². The van der Waals surface area contributed by atoms with Gasteiger partial charge in [-0.3, -0.25) is 0 Å². The van der Waals surface area contributed by atoms with Crippen LogP contribution >= 0.6 is 11.8 Å². The van der Waals surface area contributed by atoms with Gasteiger partial charge in [0.25, 0.3) is 0 Å². The van der Waals surface area contributed by atoms with Gasteiger partial charge in [0.05, 0.1) is 11.1 Å². The Morgan fingerprint density at radius 3 is 2.35 bits per heavy atom. The monoisotopic (exact) mass is 264 g/mol. The third-order valence-corrected chi connectivity index (χ3v) is 2.54. The van der Waals surface area contributed by atoms with E-state index in [0.717, 1.165) is 24.3 Å². The van der Waals surface area contributed by atoms with Crippen molar-refractivity contribution in [3.05, 3.63) is 35.4 Å². The summed E-state index contributed by atoms with van der Waals surface area (Å²) in [5.74, 6) is 0.0552. The fraction of sp³-hybridized carbons (Fsp3) is 0.364. The Bertz CT molecular complexity index is 373. The lowest BCUT2D eigenvalue weighted by atomic mass is 10.1. The van der Waals surface area contributed by atoms with Gasteiger partial charge in [-0.15, -0.1) is 0 Å². The summed E-state index contributed by atoms with van der Waals surface area (Å²) in [7, 11) is 0. The number of carbonyl (C=O) groups excluding carboxylic acids is 1. The minimum Gasteiger partial charge on any atom is -0.461 e. The molecule has 0 spiro atoms. The number of benzene rings is 1. The van der Waals surface area contributed by atoms with Crippen LogP contribution in [0.25, 0.3) is 0 Å². The van der Waals surface area contributed by atoms with Crippen molar-refractivity contribution in [3.63, 3.8) is 0 Å². The van der Waals surface area contributed by atoms with Crippen molar-refractivity contribution in [2.24, 2.45) is 0 Å². The summed E-state index contributed by atoms with van der Waals surface area (Å²) in [5, 5.41) is 0. The van der Waals surface area contributed by atoms with Crippen LogP contribution in [-0.4, -0.2) is 24.6 Å².